The van der Waals surface area contributed by atoms with Gasteiger partial charge in [0.2, 0.25) is 0 Å². The zero-order valence-corrected chi connectivity index (χ0v) is 14.0. The Bertz CT molecular complexity index is 755. The molecule has 0 atom stereocenters. The van der Waals surface area contributed by atoms with E-state index in [4.69, 9.17) is 4.98 Å². The van der Waals surface area contributed by atoms with E-state index in [-0.39, 0.29) is 5.56 Å². The van der Waals surface area contributed by atoms with Crippen LogP contribution in [0.15, 0.2) is 4.79 Å². The molecule has 0 spiro atoms. The van der Waals surface area contributed by atoms with Crippen molar-refractivity contribution in [1.29, 1.82) is 0 Å². The summed E-state index contributed by atoms with van der Waals surface area (Å²) in [5, 5.41) is 0.923. The third-order valence-electron chi connectivity index (χ3n) is 5.03. The van der Waals surface area contributed by atoms with Gasteiger partial charge in [-0.2, -0.15) is 0 Å². The van der Waals surface area contributed by atoms with Gasteiger partial charge in [-0.3, -0.25) is 14.3 Å². The van der Waals surface area contributed by atoms with Crippen LogP contribution in [0, 0.1) is 0 Å². The molecule has 1 fully saturated rings. The molecular formula is C17H23N3OS. The molecule has 2 aromatic heterocycles. The molecule has 0 bridgehead atoms. The zero-order chi connectivity index (χ0) is 15.1. The van der Waals surface area contributed by atoms with E-state index in [1.54, 1.807) is 11.3 Å². The van der Waals surface area contributed by atoms with Gasteiger partial charge in [-0.1, -0.05) is 0 Å². The van der Waals surface area contributed by atoms with Crippen LogP contribution in [0.2, 0.25) is 0 Å². The summed E-state index contributed by atoms with van der Waals surface area (Å²) in [5.41, 5.74) is 1.50. The number of aromatic nitrogens is 2. The molecule has 118 valence electrons. The summed E-state index contributed by atoms with van der Waals surface area (Å²) in [6, 6.07) is 0. The first-order valence-corrected chi connectivity index (χ1v) is 9.36. The summed E-state index contributed by atoms with van der Waals surface area (Å²) in [6.45, 7) is 5.87. The lowest BCUT2D eigenvalue weighted by atomic mass is 9.97. The average molecular weight is 317 g/mol. The quantitative estimate of drug-likeness (QED) is 0.873. The summed E-state index contributed by atoms with van der Waals surface area (Å²) >= 11 is 1.76. The molecule has 22 heavy (non-hydrogen) atoms. The minimum absolute atomic E-state index is 0.195. The Hall–Kier alpha value is -1.20. The van der Waals surface area contributed by atoms with Gasteiger partial charge >= 0.3 is 0 Å². The number of hydrogen-bond acceptors (Lipinski definition) is 4. The number of hydrogen-bond donors (Lipinski definition) is 0. The van der Waals surface area contributed by atoms with Gasteiger partial charge in [-0.05, 0) is 64.1 Å². The molecule has 1 saturated heterocycles. The number of aryl methyl sites for hydroxylation is 2. The molecule has 1 aliphatic carbocycles. The Morgan fingerprint density at radius 2 is 1.91 bits per heavy atom. The number of likely N-dealkylation sites (tertiary alicyclic amines) is 1. The predicted molar refractivity (Wildman–Crippen MR) is 90.7 cm³/mol. The maximum Gasteiger partial charge on any atom is 0.262 e. The van der Waals surface area contributed by atoms with E-state index in [9.17, 15) is 4.79 Å². The predicted octanol–water partition coefficient (Wildman–Crippen LogP) is 2.95. The largest absolute Gasteiger partial charge is 0.296 e. The van der Waals surface area contributed by atoms with E-state index in [0.29, 0.717) is 0 Å². The highest BCUT2D eigenvalue weighted by molar-refractivity contribution is 7.18. The highest BCUT2D eigenvalue weighted by atomic mass is 32.1. The maximum atomic E-state index is 13.0. The second-order valence-corrected chi connectivity index (χ2v) is 7.54. The van der Waals surface area contributed by atoms with Crippen molar-refractivity contribution in [1.82, 2.24) is 14.5 Å². The van der Waals surface area contributed by atoms with Gasteiger partial charge in [0.1, 0.15) is 10.7 Å². The molecule has 1 aliphatic heterocycles. The SMILES string of the molecule is CCn1c(CN2CCCC2)nc2sc3c(c2c1=O)CCCC3. The first kappa shape index (κ1) is 14.4. The van der Waals surface area contributed by atoms with Crippen LogP contribution in [0.4, 0.5) is 0 Å². The van der Waals surface area contributed by atoms with Crippen molar-refractivity contribution in [3.63, 3.8) is 0 Å². The minimum Gasteiger partial charge on any atom is -0.296 e. The number of fused-ring (bicyclic) bond motifs is 3. The van der Waals surface area contributed by atoms with Crippen LogP contribution in [0.25, 0.3) is 10.2 Å². The third-order valence-corrected chi connectivity index (χ3v) is 6.22. The number of thiophene rings is 1. The molecule has 0 saturated carbocycles. The Morgan fingerprint density at radius 3 is 2.68 bits per heavy atom. The molecule has 0 radical (unpaired) electrons. The van der Waals surface area contributed by atoms with Gasteiger partial charge in [-0.25, -0.2) is 4.98 Å². The Kier molecular flexibility index (Phi) is 3.78. The van der Waals surface area contributed by atoms with Crippen molar-refractivity contribution in [2.45, 2.75) is 58.5 Å². The number of rotatable bonds is 3. The highest BCUT2D eigenvalue weighted by Gasteiger charge is 2.22. The first-order valence-electron chi connectivity index (χ1n) is 8.54. The van der Waals surface area contributed by atoms with Gasteiger partial charge in [0.05, 0.1) is 11.9 Å². The molecule has 2 aromatic rings. The van der Waals surface area contributed by atoms with Gasteiger partial charge < -0.3 is 0 Å². The minimum atomic E-state index is 0.195. The lowest BCUT2D eigenvalue weighted by Gasteiger charge is -2.17. The highest BCUT2D eigenvalue weighted by Crippen LogP contribution is 2.33. The van der Waals surface area contributed by atoms with E-state index in [1.165, 1.54) is 36.1 Å². The first-order chi connectivity index (χ1) is 10.8. The van der Waals surface area contributed by atoms with Crippen molar-refractivity contribution < 1.29 is 0 Å². The molecular weight excluding hydrogens is 294 g/mol. The maximum absolute atomic E-state index is 13.0. The summed E-state index contributed by atoms with van der Waals surface area (Å²) in [4.78, 5) is 22.7. The van der Waals surface area contributed by atoms with Gasteiger partial charge in [-0.15, -0.1) is 11.3 Å². The molecule has 0 N–H and O–H groups in total. The third kappa shape index (κ3) is 2.31. The van der Waals surface area contributed by atoms with Crippen LogP contribution in [-0.4, -0.2) is 27.5 Å². The van der Waals surface area contributed by atoms with Crippen LogP contribution in [-0.2, 0) is 25.9 Å². The fourth-order valence-corrected chi connectivity index (χ4v) is 5.14. The van der Waals surface area contributed by atoms with Crippen molar-refractivity contribution in [3.05, 3.63) is 26.6 Å². The van der Waals surface area contributed by atoms with E-state index in [1.807, 2.05) is 4.57 Å². The standard InChI is InChI=1S/C17H23N3OS/c1-2-20-14(11-19-9-5-6-10-19)18-16-15(17(20)21)12-7-3-4-8-13(12)22-16/h2-11H2,1H3. The van der Waals surface area contributed by atoms with Gasteiger partial charge in [0.15, 0.2) is 0 Å². The fourth-order valence-electron chi connectivity index (χ4n) is 3.87. The Morgan fingerprint density at radius 1 is 1.14 bits per heavy atom. The lowest BCUT2D eigenvalue weighted by Crippen LogP contribution is -2.29. The normalized spacial score (nSPS) is 19.0. The topological polar surface area (TPSA) is 38.1 Å². The van der Waals surface area contributed by atoms with Crippen molar-refractivity contribution in [2.24, 2.45) is 0 Å². The molecule has 4 nitrogen and oxygen atoms in total. The molecule has 5 heteroatoms. The van der Waals surface area contributed by atoms with E-state index >= 15 is 0 Å². The molecule has 4 rings (SSSR count). The summed E-state index contributed by atoms with van der Waals surface area (Å²) in [5.74, 6) is 0.959. The molecule has 0 unspecified atom stereocenters. The van der Waals surface area contributed by atoms with Crippen molar-refractivity contribution >= 4 is 21.6 Å². The van der Waals surface area contributed by atoms with E-state index in [0.717, 1.165) is 55.1 Å². The molecule has 2 aliphatic rings. The summed E-state index contributed by atoms with van der Waals surface area (Å²) < 4.78 is 1.91. The van der Waals surface area contributed by atoms with E-state index in [2.05, 4.69) is 11.8 Å². The monoisotopic (exact) mass is 317 g/mol. The molecule has 0 aromatic carbocycles. The van der Waals surface area contributed by atoms with E-state index < -0.39 is 0 Å². The summed E-state index contributed by atoms with van der Waals surface area (Å²) in [6.07, 6.45) is 7.19. The Balaban J connectivity index is 1.85. The van der Waals surface area contributed by atoms with Crippen LogP contribution >= 0.6 is 11.3 Å². The van der Waals surface area contributed by atoms with Crippen molar-refractivity contribution in [3.8, 4) is 0 Å². The van der Waals surface area contributed by atoms with Crippen LogP contribution in [0.5, 0.6) is 0 Å². The second kappa shape index (κ2) is 5.78. The lowest BCUT2D eigenvalue weighted by molar-refractivity contribution is 0.314. The van der Waals surface area contributed by atoms with Crippen molar-refractivity contribution in [2.75, 3.05) is 13.1 Å². The van der Waals surface area contributed by atoms with Crippen LogP contribution in [0.3, 0.4) is 0 Å². The number of nitrogens with zero attached hydrogens (tertiary/aromatic N) is 3. The summed E-state index contributed by atoms with van der Waals surface area (Å²) in [7, 11) is 0. The smallest absolute Gasteiger partial charge is 0.262 e. The molecule has 0 amide bonds. The Labute approximate surface area is 134 Å². The van der Waals surface area contributed by atoms with Gasteiger partial charge in [0.25, 0.3) is 5.56 Å². The van der Waals surface area contributed by atoms with Crippen LogP contribution in [0.1, 0.15) is 48.9 Å². The average Bonchev–Trinajstić information content (AvgIpc) is 3.14. The van der Waals surface area contributed by atoms with Gasteiger partial charge in [0, 0.05) is 11.4 Å². The zero-order valence-electron chi connectivity index (χ0n) is 13.2. The molecule has 3 heterocycles. The fraction of sp³-hybridized carbons (Fsp3) is 0.647. The second-order valence-electron chi connectivity index (χ2n) is 6.45. The van der Waals surface area contributed by atoms with Crippen LogP contribution < -0.4 is 5.56 Å².